The first-order valence-corrected chi connectivity index (χ1v) is 11.8. The van der Waals surface area contributed by atoms with Crippen molar-refractivity contribution in [2.45, 2.75) is 64.1 Å². The molecule has 10 nitrogen and oxygen atoms in total. The fourth-order valence-electron chi connectivity index (χ4n) is 4.94. The molecule has 0 aliphatic carbocycles. The molecule has 0 radical (unpaired) electrons. The molecule has 0 bridgehead atoms. The third-order valence-corrected chi connectivity index (χ3v) is 6.57. The van der Waals surface area contributed by atoms with Crippen molar-refractivity contribution in [2.24, 2.45) is 0 Å². The first-order valence-electron chi connectivity index (χ1n) is 11.8. The van der Waals surface area contributed by atoms with Crippen molar-refractivity contribution in [2.75, 3.05) is 24.3 Å². The van der Waals surface area contributed by atoms with Crippen molar-refractivity contribution in [3.8, 4) is 5.75 Å². The highest BCUT2D eigenvalue weighted by molar-refractivity contribution is 5.95. The summed E-state index contributed by atoms with van der Waals surface area (Å²) in [4.78, 5) is 11.9. The Balaban J connectivity index is 1.49. The molecule has 0 spiro atoms. The molecule has 1 aliphatic heterocycles. The van der Waals surface area contributed by atoms with Crippen LogP contribution in [0.3, 0.4) is 0 Å². The molecule has 5 rings (SSSR count). The highest BCUT2D eigenvalue weighted by Gasteiger charge is 2.32. The van der Waals surface area contributed by atoms with E-state index >= 15 is 0 Å². The van der Waals surface area contributed by atoms with Gasteiger partial charge in [-0.2, -0.15) is 9.61 Å². The maximum absolute atomic E-state index is 10.2. The first-order chi connectivity index (χ1) is 16.3. The number of fused-ring (bicyclic) bond motifs is 3. The molecule has 4 heterocycles. The molecule has 1 saturated heterocycles. The highest BCUT2D eigenvalue weighted by Crippen LogP contribution is 2.35. The molecule has 0 saturated carbocycles. The number of ether oxygens (including phenoxy) is 1. The van der Waals surface area contributed by atoms with Gasteiger partial charge in [0.15, 0.2) is 11.5 Å². The van der Waals surface area contributed by atoms with Gasteiger partial charge < -0.3 is 20.5 Å². The lowest BCUT2D eigenvalue weighted by molar-refractivity contribution is 0.0577. The normalized spacial score (nSPS) is 19.3. The summed E-state index contributed by atoms with van der Waals surface area (Å²) in [5.41, 5.74) is 7.87. The summed E-state index contributed by atoms with van der Waals surface area (Å²) in [6, 6.07) is 6.18. The van der Waals surface area contributed by atoms with Crippen LogP contribution in [-0.2, 0) is 6.54 Å². The van der Waals surface area contributed by atoms with Crippen molar-refractivity contribution in [1.29, 1.82) is 0 Å². The number of hydrogen-bond acceptors (Lipinski definition) is 8. The number of nitrogens with zero attached hydrogens (tertiary/aromatic N) is 7. The van der Waals surface area contributed by atoms with E-state index in [9.17, 15) is 5.11 Å². The fourth-order valence-corrected chi connectivity index (χ4v) is 4.94. The SMILES string of the molecule is CCC1CCC(c2nc3c4cccc(OC)c4nc(N)n3n2)CN1c1cnn(CC(C)(C)O)c1. The van der Waals surface area contributed by atoms with Gasteiger partial charge in [-0.1, -0.05) is 13.0 Å². The lowest BCUT2D eigenvalue weighted by Crippen LogP contribution is -2.42. The van der Waals surface area contributed by atoms with E-state index in [4.69, 9.17) is 20.6 Å². The summed E-state index contributed by atoms with van der Waals surface area (Å²) in [6.45, 7) is 7.02. The van der Waals surface area contributed by atoms with Crippen molar-refractivity contribution in [3.05, 3.63) is 36.4 Å². The summed E-state index contributed by atoms with van der Waals surface area (Å²) in [7, 11) is 1.62. The molecule has 2 unspecified atom stereocenters. The Kier molecular flexibility index (Phi) is 5.55. The second-order valence-electron chi connectivity index (χ2n) is 9.73. The summed E-state index contributed by atoms with van der Waals surface area (Å²) in [6.07, 6.45) is 6.98. The zero-order chi connectivity index (χ0) is 24.0. The number of rotatable bonds is 6. The quantitative estimate of drug-likeness (QED) is 0.447. The average molecular weight is 465 g/mol. The van der Waals surface area contributed by atoms with E-state index in [0.29, 0.717) is 29.5 Å². The first kappa shape index (κ1) is 22.4. The van der Waals surface area contributed by atoms with Gasteiger partial charge in [0.2, 0.25) is 5.95 Å². The molecule has 1 aromatic carbocycles. The van der Waals surface area contributed by atoms with E-state index in [1.165, 1.54) is 0 Å². The summed E-state index contributed by atoms with van der Waals surface area (Å²) in [5, 5.41) is 20.3. The fraction of sp³-hybridized carbons (Fsp3) is 0.500. The number of hydrogen-bond donors (Lipinski definition) is 2. The molecule has 10 heteroatoms. The van der Waals surface area contributed by atoms with Crippen molar-refractivity contribution in [1.82, 2.24) is 29.4 Å². The van der Waals surface area contributed by atoms with Gasteiger partial charge in [0, 0.05) is 30.1 Å². The van der Waals surface area contributed by atoms with Gasteiger partial charge in [-0.3, -0.25) is 4.68 Å². The summed E-state index contributed by atoms with van der Waals surface area (Å²) >= 11 is 0. The number of piperidine rings is 1. The Hall–Kier alpha value is -3.40. The van der Waals surface area contributed by atoms with Crippen LogP contribution in [-0.4, -0.2) is 59.8 Å². The number of para-hydroxylation sites is 1. The molecule has 0 amide bonds. The number of methoxy groups -OCH3 is 1. The molecule has 3 N–H and O–H groups in total. The Morgan fingerprint density at radius 2 is 2.06 bits per heavy atom. The lowest BCUT2D eigenvalue weighted by atomic mass is 9.90. The van der Waals surface area contributed by atoms with Crippen LogP contribution in [0.2, 0.25) is 0 Å². The number of aliphatic hydroxyl groups is 1. The second kappa shape index (κ2) is 8.43. The molecule has 180 valence electrons. The Morgan fingerprint density at radius 3 is 2.79 bits per heavy atom. The number of benzene rings is 1. The lowest BCUT2D eigenvalue weighted by Gasteiger charge is -2.39. The summed E-state index contributed by atoms with van der Waals surface area (Å²) < 4.78 is 8.91. The Labute approximate surface area is 198 Å². The minimum atomic E-state index is -0.822. The maximum atomic E-state index is 10.2. The van der Waals surface area contributed by atoms with E-state index < -0.39 is 5.60 Å². The van der Waals surface area contributed by atoms with E-state index in [1.807, 2.05) is 30.6 Å². The van der Waals surface area contributed by atoms with Crippen LogP contribution in [0.25, 0.3) is 16.6 Å². The molecule has 1 aliphatic rings. The minimum absolute atomic E-state index is 0.153. The number of aromatic nitrogens is 6. The molecule has 2 atom stereocenters. The van der Waals surface area contributed by atoms with Gasteiger partial charge in [-0.05, 0) is 45.2 Å². The van der Waals surface area contributed by atoms with E-state index in [2.05, 4.69) is 21.9 Å². The smallest absolute Gasteiger partial charge is 0.223 e. The van der Waals surface area contributed by atoms with Crippen molar-refractivity contribution in [3.63, 3.8) is 0 Å². The second-order valence-corrected chi connectivity index (χ2v) is 9.73. The van der Waals surface area contributed by atoms with Gasteiger partial charge in [-0.15, -0.1) is 5.10 Å². The highest BCUT2D eigenvalue weighted by atomic mass is 16.5. The number of nitrogen functional groups attached to an aromatic ring is 1. The van der Waals surface area contributed by atoms with Gasteiger partial charge in [0.25, 0.3) is 0 Å². The standard InChI is InChI=1S/C24H32N8O2/c1-5-16-10-9-15(12-31(16)17-11-26-30(13-17)14-24(2,3)33)21-28-22-18-7-6-8-19(34-4)20(18)27-23(25)32(22)29-21/h6-8,11,13,15-16,33H,5,9-10,12,14H2,1-4H3,(H2,25,27). The van der Waals surface area contributed by atoms with Crippen LogP contribution in [0, 0.1) is 0 Å². The van der Waals surface area contributed by atoms with E-state index in [1.54, 1.807) is 30.2 Å². The van der Waals surface area contributed by atoms with Crippen LogP contribution in [0.4, 0.5) is 11.6 Å². The molecule has 3 aromatic heterocycles. The van der Waals surface area contributed by atoms with Crippen molar-refractivity contribution < 1.29 is 9.84 Å². The Bertz CT molecular complexity index is 1320. The predicted octanol–water partition coefficient (Wildman–Crippen LogP) is 3.00. The minimum Gasteiger partial charge on any atom is -0.494 e. The molecule has 1 fully saturated rings. The molecule has 34 heavy (non-hydrogen) atoms. The van der Waals surface area contributed by atoms with Crippen LogP contribution >= 0.6 is 0 Å². The monoisotopic (exact) mass is 464 g/mol. The average Bonchev–Trinajstić information content (AvgIpc) is 3.45. The molecular formula is C24H32N8O2. The zero-order valence-corrected chi connectivity index (χ0v) is 20.1. The Morgan fingerprint density at radius 1 is 1.24 bits per heavy atom. The van der Waals surface area contributed by atoms with Gasteiger partial charge in [0.1, 0.15) is 11.3 Å². The van der Waals surface area contributed by atoms with Crippen LogP contribution in [0.5, 0.6) is 5.75 Å². The number of anilines is 2. The van der Waals surface area contributed by atoms with Crippen LogP contribution < -0.4 is 15.4 Å². The number of nitrogens with two attached hydrogens (primary N) is 1. The van der Waals surface area contributed by atoms with Gasteiger partial charge >= 0.3 is 0 Å². The topological polar surface area (TPSA) is 120 Å². The van der Waals surface area contributed by atoms with Gasteiger partial charge in [0.05, 0.1) is 31.1 Å². The van der Waals surface area contributed by atoms with E-state index in [-0.39, 0.29) is 11.9 Å². The van der Waals surface area contributed by atoms with Crippen molar-refractivity contribution >= 4 is 28.2 Å². The molecular weight excluding hydrogens is 432 g/mol. The molecule has 4 aromatic rings. The van der Waals surface area contributed by atoms with Gasteiger partial charge in [-0.25, -0.2) is 9.97 Å². The largest absolute Gasteiger partial charge is 0.494 e. The zero-order valence-electron chi connectivity index (χ0n) is 20.1. The third-order valence-electron chi connectivity index (χ3n) is 6.57. The maximum Gasteiger partial charge on any atom is 0.223 e. The van der Waals surface area contributed by atoms with Crippen LogP contribution in [0.15, 0.2) is 30.6 Å². The third kappa shape index (κ3) is 4.02. The summed E-state index contributed by atoms with van der Waals surface area (Å²) in [5.74, 6) is 1.87. The van der Waals surface area contributed by atoms with E-state index in [0.717, 1.165) is 42.7 Å². The van der Waals surface area contributed by atoms with Crippen LogP contribution in [0.1, 0.15) is 51.8 Å². The predicted molar refractivity (Wildman–Crippen MR) is 131 cm³/mol.